The van der Waals surface area contributed by atoms with Crippen molar-refractivity contribution >= 4 is 47.4 Å². The lowest BCUT2D eigenvalue weighted by Crippen LogP contribution is -2.67. The van der Waals surface area contributed by atoms with Gasteiger partial charge in [-0.05, 0) is 21.5 Å². The number of nitrogens with two attached hydrogens (primary N) is 1. The molecule has 0 radical (unpaired) electrons. The van der Waals surface area contributed by atoms with Crippen molar-refractivity contribution in [3.63, 3.8) is 0 Å². The van der Waals surface area contributed by atoms with E-state index in [0.717, 1.165) is 10.4 Å². The number of halogens is 2. The van der Waals surface area contributed by atoms with Gasteiger partial charge in [-0.1, -0.05) is 81.4 Å². The van der Waals surface area contributed by atoms with E-state index in [0.29, 0.717) is 6.61 Å². The summed E-state index contributed by atoms with van der Waals surface area (Å²) in [6.45, 7) is 6.93. The predicted octanol–water partition coefficient (Wildman–Crippen LogP) is 4.59. The lowest BCUT2D eigenvalue weighted by molar-refractivity contribution is 0.308. The lowest BCUT2D eigenvalue weighted by atomic mass is 10.2. The largest absolute Gasteiger partial charge is 0.406 e. The summed E-state index contributed by atoms with van der Waals surface area (Å²) in [7, 11) is -2.76. The van der Waals surface area contributed by atoms with Crippen LogP contribution in [0.1, 0.15) is 26.1 Å². The fourth-order valence-electron chi connectivity index (χ4n) is 4.87. The van der Waals surface area contributed by atoms with Gasteiger partial charge in [-0.3, -0.25) is 4.57 Å². The fourth-order valence-corrected chi connectivity index (χ4v) is 10.8. The Bertz CT molecular complexity index is 1370. The molecule has 2 aromatic carbocycles. The van der Waals surface area contributed by atoms with Crippen molar-refractivity contribution in [2.75, 3.05) is 12.3 Å². The molecule has 0 fully saturated rings. The van der Waals surface area contributed by atoms with Gasteiger partial charge < -0.3 is 10.2 Å². The number of anilines is 1. The van der Waals surface area contributed by atoms with Gasteiger partial charge in [-0.15, -0.1) is 11.8 Å². The quantitative estimate of drug-likeness (QED) is 0.294. The summed E-state index contributed by atoms with van der Waals surface area (Å²) in [6.07, 6.45) is 2.02. The maximum atomic E-state index is 15.2. The van der Waals surface area contributed by atoms with Gasteiger partial charge in [0.1, 0.15) is 16.7 Å². The van der Waals surface area contributed by atoms with E-state index in [2.05, 4.69) is 60.0 Å². The Hall–Kier alpha value is -3.08. The molecular formula is C26H27F2N5OSSi. The Morgan fingerprint density at radius 3 is 2.19 bits per heavy atom. The first-order valence-electron chi connectivity index (χ1n) is 11.6. The van der Waals surface area contributed by atoms with E-state index < -0.39 is 19.8 Å². The van der Waals surface area contributed by atoms with Crippen LogP contribution in [-0.4, -0.2) is 39.7 Å². The molecule has 1 aliphatic rings. The van der Waals surface area contributed by atoms with Gasteiger partial charge in [0.05, 0.1) is 18.2 Å². The zero-order valence-corrected chi connectivity index (χ0v) is 22.0. The van der Waals surface area contributed by atoms with E-state index in [-0.39, 0.29) is 33.1 Å². The Labute approximate surface area is 213 Å². The molecule has 0 saturated heterocycles. The standard InChI is InChI=1S/C26H27F2N5OSSi/c1-26(2,3)36(18-10-6-4-7-11-18,19-12-8-5-9-13-19)34-15-17-14-20(27)24(35-17)33-16-30-21-22(29)31-25(28)32-23(21)33/h4-14,16-17,24H,15H2,1-3H3,(H2,29,31,32)/t17-,24+/m1/s1. The molecule has 0 spiro atoms. The summed E-state index contributed by atoms with van der Waals surface area (Å²) in [5.74, 6) is -0.428. The van der Waals surface area contributed by atoms with Crippen LogP contribution in [0.25, 0.3) is 11.2 Å². The molecule has 0 amide bonds. The zero-order valence-electron chi connectivity index (χ0n) is 20.2. The number of fused-ring (bicyclic) bond motifs is 1. The maximum absolute atomic E-state index is 15.2. The van der Waals surface area contributed by atoms with E-state index in [1.807, 2.05) is 36.4 Å². The van der Waals surface area contributed by atoms with Crippen molar-refractivity contribution in [1.82, 2.24) is 19.5 Å². The number of nitrogen functional groups attached to an aromatic ring is 1. The molecule has 1 aliphatic heterocycles. The highest BCUT2D eigenvalue weighted by Crippen LogP contribution is 2.44. The van der Waals surface area contributed by atoms with E-state index in [4.69, 9.17) is 10.2 Å². The van der Waals surface area contributed by atoms with Crippen LogP contribution in [-0.2, 0) is 4.43 Å². The van der Waals surface area contributed by atoms with Gasteiger partial charge >= 0.3 is 6.08 Å². The summed E-state index contributed by atoms with van der Waals surface area (Å²) in [4.78, 5) is 11.5. The molecule has 6 nitrogen and oxygen atoms in total. The number of hydrogen-bond donors (Lipinski definition) is 1. The average Bonchev–Trinajstić information content (AvgIpc) is 3.43. The van der Waals surface area contributed by atoms with Gasteiger partial charge in [-0.25, -0.2) is 9.37 Å². The first-order chi connectivity index (χ1) is 17.2. The van der Waals surface area contributed by atoms with Crippen LogP contribution in [0.15, 0.2) is 78.9 Å². The summed E-state index contributed by atoms with van der Waals surface area (Å²) >= 11 is 1.37. The van der Waals surface area contributed by atoms with Crippen LogP contribution in [0.3, 0.4) is 0 Å². The second-order valence-corrected chi connectivity index (χ2v) is 15.4. The first-order valence-corrected chi connectivity index (χ1v) is 14.5. The molecule has 2 aromatic heterocycles. The van der Waals surface area contributed by atoms with Crippen LogP contribution in [0, 0.1) is 6.08 Å². The van der Waals surface area contributed by atoms with Crippen molar-refractivity contribution in [1.29, 1.82) is 0 Å². The van der Waals surface area contributed by atoms with E-state index >= 15 is 4.39 Å². The van der Waals surface area contributed by atoms with E-state index in [1.165, 1.54) is 22.7 Å². The minimum atomic E-state index is -2.76. The second-order valence-electron chi connectivity index (χ2n) is 9.75. The number of thioether (sulfide) groups is 1. The number of nitrogens with zero attached hydrogens (tertiary/aromatic N) is 4. The van der Waals surface area contributed by atoms with Crippen molar-refractivity contribution in [3.05, 3.63) is 85.0 Å². The number of hydrogen-bond acceptors (Lipinski definition) is 6. The molecule has 0 bridgehead atoms. The molecular weight excluding hydrogens is 496 g/mol. The summed E-state index contributed by atoms with van der Waals surface area (Å²) in [6, 6.07) is 20.6. The highest BCUT2D eigenvalue weighted by Gasteiger charge is 2.50. The molecule has 186 valence electrons. The lowest BCUT2D eigenvalue weighted by Gasteiger charge is -2.43. The molecule has 0 aliphatic carbocycles. The fraction of sp³-hybridized carbons (Fsp3) is 0.269. The van der Waals surface area contributed by atoms with Crippen LogP contribution in [0.2, 0.25) is 5.04 Å². The third-order valence-corrected chi connectivity index (χ3v) is 12.8. The van der Waals surface area contributed by atoms with Crippen LogP contribution in [0.5, 0.6) is 0 Å². The van der Waals surface area contributed by atoms with E-state index in [1.54, 1.807) is 6.08 Å². The highest BCUT2D eigenvalue weighted by molar-refractivity contribution is 8.00. The molecule has 10 heteroatoms. The van der Waals surface area contributed by atoms with Gasteiger partial charge in [0, 0.05) is 0 Å². The topological polar surface area (TPSA) is 78.9 Å². The van der Waals surface area contributed by atoms with Crippen molar-refractivity contribution in [2.45, 2.75) is 36.4 Å². The number of benzene rings is 2. The molecule has 3 heterocycles. The Kier molecular flexibility index (Phi) is 6.44. The van der Waals surface area contributed by atoms with Gasteiger partial charge in [0.2, 0.25) is 0 Å². The van der Waals surface area contributed by atoms with Crippen LogP contribution < -0.4 is 16.1 Å². The van der Waals surface area contributed by atoms with Crippen molar-refractivity contribution < 1.29 is 13.2 Å². The van der Waals surface area contributed by atoms with Crippen molar-refractivity contribution in [2.24, 2.45) is 0 Å². The van der Waals surface area contributed by atoms with Crippen molar-refractivity contribution in [3.8, 4) is 0 Å². The zero-order chi connectivity index (χ0) is 25.5. The van der Waals surface area contributed by atoms with E-state index in [9.17, 15) is 4.39 Å². The minimum Gasteiger partial charge on any atom is -0.406 e. The smallest absolute Gasteiger partial charge is 0.312 e. The molecule has 0 saturated carbocycles. The SMILES string of the molecule is CC(C)(C)[Si](OC[C@H]1C=C(F)[C@@H](n2cnc3c(N)nc(F)nc32)S1)(c1ccccc1)c1ccccc1. The average molecular weight is 524 g/mol. The highest BCUT2D eigenvalue weighted by atomic mass is 32.2. The monoisotopic (exact) mass is 523 g/mol. The normalized spacial score (nSPS) is 18.5. The second kappa shape index (κ2) is 9.42. The van der Waals surface area contributed by atoms with Crippen LogP contribution >= 0.6 is 11.8 Å². The number of rotatable bonds is 6. The van der Waals surface area contributed by atoms with Gasteiger partial charge in [-0.2, -0.15) is 14.4 Å². The van der Waals surface area contributed by atoms with Gasteiger partial charge in [0.15, 0.2) is 11.5 Å². The third-order valence-electron chi connectivity index (χ3n) is 6.44. The van der Waals surface area contributed by atoms with Crippen LogP contribution in [0.4, 0.5) is 14.6 Å². The number of imidazole rings is 1. The number of aromatic nitrogens is 4. The first kappa shape index (κ1) is 24.6. The Balaban J connectivity index is 1.46. The summed E-state index contributed by atoms with van der Waals surface area (Å²) < 4.78 is 37.5. The Morgan fingerprint density at radius 1 is 1.00 bits per heavy atom. The molecule has 2 atom stereocenters. The molecule has 4 aromatic rings. The minimum absolute atomic E-state index is 0.0739. The van der Waals surface area contributed by atoms with Gasteiger partial charge in [0.25, 0.3) is 8.32 Å². The summed E-state index contributed by atoms with van der Waals surface area (Å²) in [5.41, 5.74) is 6.19. The third kappa shape index (κ3) is 4.23. The maximum Gasteiger partial charge on any atom is 0.312 e. The molecule has 36 heavy (non-hydrogen) atoms. The Morgan fingerprint density at radius 2 is 1.61 bits per heavy atom. The summed E-state index contributed by atoms with van der Waals surface area (Å²) in [5, 5.41) is 1.15. The predicted molar refractivity (Wildman–Crippen MR) is 143 cm³/mol. The molecule has 0 unspecified atom stereocenters. The molecule has 2 N–H and O–H groups in total. The molecule has 5 rings (SSSR count).